The minimum Gasteiger partial charge on any atom is -0.393 e. The van der Waals surface area contributed by atoms with Crippen LogP contribution in [-0.4, -0.2) is 11.2 Å². The number of rotatable bonds is 4. The molecule has 1 saturated carbocycles. The molecule has 0 aromatic heterocycles. The molecule has 17 heavy (non-hydrogen) atoms. The van der Waals surface area contributed by atoms with E-state index in [1.54, 1.807) is 0 Å². The summed E-state index contributed by atoms with van der Waals surface area (Å²) in [4.78, 5) is 0. The highest BCUT2D eigenvalue weighted by Crippen LogP contribution is 2.34. The maximum absolute atomic E-state index is 10.3. The van der Waals surface area contributed by atoms with Crippen molar-refractivity contribution in [3.63, 3.8) is 0 Å². The standard InChI is InChI=1S/C16H28O/c1-2-13-8-10-15(11-9-13)16(17)12-14-6-4-3-5-7-14/h6,13,15-17H,2-5,7-12H2,1H3. The zero-order valence-corrected chi connectivity index (χ0v) is 11.3. The summed E-state index contributed by atoms with van der Waals surface area (Å²) >= 11 is 0. The van der Waals surface area contributed by atoms with Crippen molar-refractivity contribution < 1.29 is 5.11 Å². The molecule has 0 amide bonds. The lowest BCUT2D eigenvalue weighted by Crippen LogP contribution is -2.26. The van der Waals surface area contributed by atoms with Gasteiger partial charge in [-0.3, -0.25) is 0 Å². The molecule has 0 saturated heterocycles. The Labute approximate surface area is 106 Å². The van der Waals surface area contributed by atoms with Gasteiger partial charge in [0.15, 0.2) is 0 Å². The van der Waals surface area contributed by atoms with E-state index in [0.29, 0.717) is 5.92 Å². The zero-order valence-electron chi connectivity index (χ0n) is 11.3. The number of allylic oxidation sites excluding steroid dienone is 1. The van der Waals surface area contributed by atoms with Crippen LogP contribution in [0.5, 0.6) is 0 Å². The Bertz CT molecular complexity index is 248. The topological polar surface area (TPSA) is 20.2 Å². The van der Waals surface area contributed by atoms with Crippen LogP contribution >= 0.6 is 0 Å². The molecule has 0 radical (unpaired) electrons. The minimum atomic E-state index is -0.0582. The van der Waals surface area contributed by atoms with Crippen molar-refractivity contribution in [1.29, 1.82) is 0 Å². The average Bonchev–Trinajstić information content (AvgIpc) is 2.40. The summed E-state index contributed by atoms with van der Waals surface area (Å²) in [7, 11) is 0. The number of hydrogen-bond acceptors (Lipinski definition) is 1. The summed E-state index contributed by atoms with van der Waals surface area (Å²) in [6.45, 7) is 2.30. The molecular weight excluding hydrogens is 208 g/mol. The van der Waals surface area contributed by atoms with E-state index in [1.807, 2.05) is 0 Å². The van der Waals surface area contributed by atoms with E-state index in [9.17, 15) is 5.11 Å². The van der Waals surface area contributed by atoms with E-state index in [0.717, 1.165) is 12.3 Å². The van der Waals surface area contributed by atoms with E-state index in [2.05, 4.69) is 13.0 Å². The normalized spacial score (nSPS) is 32.0. The Morgan fingerprint density at radius 2 is 2.00 bits per heavy atom. The van der Waals surface area contributed by atoms with Gasteiger partial charge >= 0.3 is 0 Å². The summed E-state index contributed by atoms with van der Waals surface area (Å²) in [5.41, 5.74) is 1.53. The van der Waals surface area contributed by atoms with Gasteiger partial charge in [-0.05, 0) is 56.8 Å². The SMILES string of the molecule is CCC1CCC(C(O)CC2=CCCCC2)CC1. The van der Waals surface area contributed by atoms with Crippen molar-refractivity contribution in [2.75, 3.05) is 0 Å². The first-order valence-electron chi connectivity index (χ1n) is 7.65. The van der Waals surface area contributed by atoms with Gasteiger partial charge in [0.1, 0.15) is 0 Å². The number of hydrogen-bond donors (Lipinski definition) is 1. The fraction of sp³-hybridized carbons (Fsp3) is 0.875. The van der Waals surface area contributed by atoms with Gasteiger partial charge in [-0.1, -0.05) is 37.8 Å². The van der Waals surface area contributed by atoms with Crippen LogP contribution in [0.1, 0.15) is 71.1 Å². The molecule has 2 aliphatic carbocycles. The molecule has 1 heteroatoms. The Morgan fingerprint density at radius 1 is 1.24 bits per heavy atom. The van der Waals surface area contributed by atoms with Crippen LogP contribution in [-0.2, 0) is 0 Å². The summed E-state index contributed by atoms with van der Waals surface area (Å²) in [5.74, 6) is 1.52. The molecular formula is C16H28O. The quantitative estimate of drug-likeness (QED) is 0.715. The van der Waals surface area contributed by atoms with E-state index < -0.39 is 0 Å². The third kappa shape index (κ3) is 3.84. The third-order valence-corrected chi connectivity index (χ3v) is 4.87. The highest BCUT2D eigenvalue weighted by Gasteiger charge is 2.26. The second-order valence-corrected chi connectivity index (χ2v) is 6.07. The first-order valence-corrected chi connectivity index (χ1v) is 7.65. The zero-order chi connectivity index (χ0) is 12.1. The highest BCUT2D eigenvalue weighted by molar-refractivity contribution is 5.06. The van der Waals surface area contributed by atoms with E-state index in [-0.39, 0.29) is 6.10 Å². The Balaban J connectivity index is 1.76. The molecule has 1 fully saturated rings. The van der Waals surface area contributed by atoms with Crippen LogP contribution in [0.25, 0.3) is 0 Å². The molecule has 0 bridgehead atoms. The van der Waals surface area contributed by atoms with Gasteiger partial charge in [0.2, 0.25) is 0 Å². The van der Waals surface area contributed by atoms with Crippen molar-refractivity contribution in [1.82, 2.24) is 0 Å². The predicted molar refractivity (Wildman–Crippen MR) is 72.9 cm³/mol. The summed E-state index contributed by atoms with van der Waals surface area (Å²) in [6, 6.07) is 0. The molecule has 0 spiro atoms. The lowest BCUT2D eigenvalue weighted by atomic mass is 9.77. The number of aliphatic hydroxyl groups excluding tert-OH is 1. The molecule has 1 nitrogen and oxygen atoms in total. The second-order valence-electron chi connectivity index (χ2n) is 6.07. The molecule has 2 rings (SSSR count). The molecule has 0 aromatic rings. The van der Waals surface area contributed by atoms with Crippen LogP contribution < -0.4 is 0 Å². The smallest absolute Gasteiger partial charge is 0.0605 e. The van der Waals surface area contributed by atoms with Gasteiger partial charge in [-0.25, -0.2) is 0 Å². The fourth-order valence-corrected chi connectivity index (χ4v) is 3.51. The van der Waals surface area contributed by atoms with Gasteiger partial charge < -0.3 is 5.11 Å². The van der Waals surface area contributed by atoms with Crippen molar-refractivity contribution in [3.8, 4) is 0 Å². The van der Waals surface area contributed by atoms with Crippen molar-refractivity contribution >= 4 is 0 Å². The monoisotopic (exact) mass is 236 g/mol. The number of aliphatic hydroxyl groups is 1. The fourth-order valence-electron chi connectivity index (χ4n) is 3.51. The third-order valence-electron chi connectivity index (χ3n) is 4.87. The van der Waals surface area contributed by atoms with Crippen LogP contribution in [0.15, 0.2) is 11.6 Å². The van der Waals surface area contributed by atoms with Gasteiger partial charge in [-0.15, -0.1) is 0 Å². The van der Waals surface area contributed by atoms with Gasteiger partial charge in [0.05, 0.1) is 6.10 Å². The predicted octanol–water partition coefficient (Wildman–Crippen LogP) is 4.45. The van der Waals surface area contributed by atoms with E-state index in [1.165, 1.54) is 63.4 Å². The maximum Gasteiger partial charge on any atom is 0.0605 e. The Hall–Kier alpha value is -0.300. The lowest BCUT2D eigenvalue weighted by molar-refractivity contribution is 0.0726. The van der Waals surface area contributed by atoms with Crippen molar-refractivity contribution in [2.45, 2.75) is 77.2 Å². The van der Waals surface area contributed by atoms with Gasteiger partial charge in [-0.2, -0.15) is 0 Å². The van der Waals surface area contributed by atoms with Crippen LogP contribution in [0, 0.1) is 11.8 Å². The molecule has 1 atom stereocenters. The summed E-state index contributed by atoms with van der Waals surface area (Å²) in [6.07, 6.45) is 15.0. The molecule has 98 valence electrons. The van der Waals surface area contributed by atoms with E-state index in [4.69, 9.17) is 0 Å². The van der Waals surface area contributed by atoms with Crippen molar-refractivity contribution in [3.05, 3.63) is 11.6 Å². The molecule has 1 unspecified atom stereocenters. The summed E-state index contributed by atoms with van der Waals surface area (Å²) < 4.78 is 0. The minimum absolute atomic E-state index is 0.0582. The van der Waals surface area contributed by atoms with Crippen molar-refractivity contribution in [2.24, 2.45) is 11.8 Å². The van der Waals surface area contributed by atoms with Crippen LogP contribution in [0.4, 0.5) is 0 Å². The molecule has 1 N–H and O–H groups in total. The Morgan fingerprint density at radius 3 is 2.59 bits per heavy atom. The molecule has 0 aromatic carbocycles. The first kappa shape index (κ1) is 13.1. The lowest BCUT2D eigenvalue weighted by Gasteiger charge is -2.31. The molecule has 2 aliphatic rings. The summed E-state index contributed by atoms with van der Waals surface area (Å²) in [5, 5.41) is 10.3. The second kappa shape index (κ2) is 6.58. The molecule has 0 heterocycles. The molecule has 0 aliphatic heterocycles. The van der Waals surface area contributed by atoms with Gasteiger partial charge in [0.25, 0.3) is 0 Å². The van der Waals surface area contributed by atoms with Crippen LogP contribution in [0.3, 0.4) is 0 Å². The first-order chi connectivity index (χ1) is 8.29. The Kier molecular flexibility index (Phi) is 5.09. The van der Waals surface area contributed by atoms with Crippen LogP contribution in [0.2, 0.25) is 0 Å². The average molecular weight is 236 g/mol. The van der Waals surface area contributed by atoms with E-state index >= 15 is 0 Å². The van der Waals surface area contributed by atoms with Gasteiger partial charge in [0, 0.05) is 0 Å². The maximum atomic E-state index is 10.3. The largest absolute Gasteiger partial charge is 0.393 e. The highest BCUT2D eigenvalue weighted by atomic mass is 16.3.